The topological polar surface area (TPSA) is 75.6 Å². The van der Waals surface area contributed by atoms with Gasteiger partial charge in [-0.3, -0.25) is 4.79 Å². The lowest BCUT2D eigenvalue weighted by Gasteiger charge is -2.18. The molecule has 1 aromatic carbocycles. The Morgan fingerprint density at radius 3 is 2.82 bits per heavy atom. The Kier molecular flexibility index (Phi) is 3.91. The van der Waals surface area contributed by atoms with Crippen LogP contribution in [0.15, 0.2) is 35.3 Å². The molecule has 0 saturated heterocycles. The van der Waals surface area contributed by atoms with E-state index in [9.17, 15) is 4.79 Å². The van der Waals surface area contributed by atoms with Crippen molar-refractivity contribution in [2.24, 2.45) is 4.99 Å². The predicted octanol–water partition coefficient (Wildman–Crippen LogP) is 2.89. The summed E-state index contributed by atoms with van der Waals surface area (Å²) in [6.45, 7) is 3.71. The maximum atomic E-state index is 11.6. The zero-order valence-electron chi connectivity index (χ0n) is 12.3. The first kappa shape index (κ1) is 14.7. The largest absolute Gasteiger partial charge is 0.394 e. The van der Waals surface area contributed by atoms with Gasteiger partial charge < -0.3 is 10.2 Å². The van der Waals surface area contributed by atoms with E-state index in [1.165, 1.54) is 17.7 Å². The monoisotopic (exact) mass is 316 g/mol. The lowest BCUT2D eigenvalue weighted by molar-refractivity contribution is -0.115. The van der Waals surface area contributed by atoms with Gasteiger partial charge in [-0.25, -0.2) is 9.98 Å². The molecular formula is C15H16N4O2S. The summed E-state index contributed by atoms with van der Waals surface area (Å²) in [5, 5.41) is 3.37. The van der Waals surface area contributed by atoms with Crippen molar-refractivity contribution in [2.45, 2.75) is 25.9 Å². The molecule has 22 heavy (non-hydrogen) atoms. The number of carbonyl (C=O) groups excluding carboxylic acids is 1. The van der Waals surface area contributed by atoms with E-state index in [0.717, 1.165) is 16.1 Å². The molecule has 7 heteroatoms. The van der Waals surface area contributed by atoms with Gasteiger partial charge in [0.1, 0.15) is 0 Å². The first-order valence-electron chi connectivity index (χ1n) is 6.95. The molecule has 0 fully saturated rings. The highest BCUT2D eigenvalue weighted by Crippen LogP contribution is 2.40. The van der Waals surface area contributed by atoms with Crippen LogP contribution >= 0.6 is 11.3 Å². The highest BCUT2D eigenvalue weighted by atomic mass is 32.1. The van der Waals surface area contributed by atoms with Crippen LogP contribution in [0.25, 0.3) is 11.3 Å². The Bertz CT molecular complexity index is 714. The fourth-order valence-corrected chi connectivity index (χ4v) is 3.16. The third-order valence-corrected chi connectivity index (χ3v) is 4.49. The smallest absolute Gasteiger partial charge is 0.225 e. The molecule has 6 nitrogen and oxygen atoms in total. The van der Waals surface area contributed by atoms with Crippen LogP contribution in [0.4, 0.5) is 5.13 Å². The van der Waals surface area contributed by atoms with Gasteiger partial charge in [0, 0.05) is 12.0 Å². The van der Waals surface area contributed by atoms with E-state index in [1.807, 2.05) is 37.3 Å². The zero-order valence-corrected chi connectivity index (χ0v) is 13.1. The van der Waals surface area contributed by atoms with E-state index in [1.54, 1.807) is 6.92 Å². The summed E-state index contributed by atoms with van der Waals surface area (Å²) < 4.78 is 0. The van der Waals surface area contributed by atoms with Crippen molar-refractivity contribution in [2.75, 3.05) is 5.32 Å². The van der Waals surface area contributed by atoms with E-state index in [4.69, 9.17) is 4.84 Å². The van der Waals surface area contributed by atoms with Gasteiger partial charge in [-0.1, -0.05) is 48.6 Å². The molecule has 1 amide bonds. The SMILES string of the molecule is CCC(=O)Nc1nc(-c2ccccc2)c(C2(C)N=CON2)s1. The zero-order chi connectivity index (χ0) is 15.6. The van der Waals surface area contributed by atoms with Gasteiger partial charge in [-0.2, -0.15) is 0 Å². The van der Waals surface area contributed by atoms with Crippen molar-refractivity contribution in [3.63, 3.8) is 0 Å². The Hall–Kier alpha value is -2.25. The number of hydrogen-bond donors (Lipinski definition) is 2. The van der Waals surface area contributed by atoms with Crippen LogP contribution in [0.2, 0.25) is 0 Å². The normalized spacial score (nSPS) is 19.9. The second kappa shape index (κ2) is 5.86. The van der Waals surface area contributed by atoms with Crippen molar-refractivity contribution in [3.05, 3.63) is 35.2 Å². The lowest BCUT2D eigenvalue weighted by atomic mass is 10.1. The summed E-state index contributed by atoms with van der Waals surface area (Å²) in [5.74, 6) is -0.0656. The average molecular weight is 316 g/mol. The number of nitrogens with zero attached hydrogens (tertiary/aromatic N) is 2. The number of anilines is 1. The van der Waals surface area contributed by atoms with Gasteiger partial charge in [-0.05, 0) is 6.92 Å². The molecule has 0 radical (unpaired) electrons. The van der Waals surface area contributed by atoms with Crippen molar-refractivity contribution < 1.29 is 9.63 Å². The molecule has 2 aromatic rings. The van der Waals surface area contributed by atoms with Crippen LogP contribution in [0.5, 0.6) is 0 Å². The number of thiazole rings is 1. The van der Waals surface area contributed by atoms with Crippen LogP contribution in [-0.4, -0.2) is 17.3 Å². The number of rotatable bonds is 4. The molecule has 114 valence electrons. The van der Waals surface area contributed by atoms with Crippen LogP contribution in [0.1, 0.15) is 25.1 Å². The summed E-state index contributed by atoms with van der Waals surface area (Å²) in [6, 6.07) is 9.81. The number of aliphatic imine (C=N–C) groups is 1. The number of benzene rings is 1. The van der Waals surface area contributed by atoms with Crippen LogP contribution in [0.3, 0.4) is 0 Å². The van der Waals surface area contributed by atoms with E-state index >= 15 is 0 Å². The minimum absolute atomic E-state index is 0.0656. The van der Waals surface area contributed by atoms with Crippen LogP contribution < -0.4 is 10.8 Å². The van der Waals surface area contributed by atoms with Gasteiger partial charge in [0.15, 0.2) is 17.2 Å². The first-order chi connectivity index (χ1) is 10.6. The number of nitrogens with one attached hydrogen (secondary N) is 2. The molecule has 1 aliphatic rings. The highest BCUT2D eigenvalue weighted by Gasteiger charge is 2.35. The Labute approximate surface area is 132 Å². The Morgan fingerprint density at radius 2 is 2.18 bits per heavy atom. The van der Waals surface area contributed by atoms with Crippen molar-refractivity contribution in [1.82, 2.24) is 10.5 Å². The van der Waals surface area contributed by atoms with Crippen molar-refractivity contribution in [1.29, 1.82) is 0 Å². The third-order valence-electron chi connectivity index (χ3n) is 3.31. The van der Waals surface area contributed by atoms with E-state index in [-0.39, 0.29) is 5.91 Å². The standard InChI is InChI=1S/C15H16N4O2S/c1-3-11(20)17-14-18-12(10-7-5-4-6-8-10)13(22-14)15(2)16-9-21-19-15/h4-9,19H,3H2,1-2H3,(H,17,18,20). The quantitative estimate of drug-likeness (QED) is 0.909. The molecule has 1 aliphatic heterocycles. The second-order valence-corrected chi connectivity index (χ2v) is 5.99. The number of aromatic nitrogens is 1. The summed E-state index contributed by atoms with van der Waals surface area (Å²) in [6.07, 6.45) is 1.78. The minimum Gasteiger partial charge on any atom is -0.394 e. The number of hydrogen-bond acceptors (Lipinski definition) is 6. The fourth-order valence-electron chi connectivity index (χ4n) is 2.11. The molecule has 0 aliphatic carbocycles. The summed E-state index contributed by atoms with van der Waals surface area (Å²) in [5.41, 5.74) is 3.92. The summed E-state index contributed by atoms with van der Waals surface area (Å²) >= 11 is 1.39. The lowest BCUT2D eigenvalue weighted by Crippen LogP contribution is -2.31. The molecule has 3 rings (SSSR count). The Morgan fingerprint density at radius 1 is 1.41 bits per heavy atom. The van der Waals surface area contributed by atoms with E-state index < -0.39 is 5.66 Å². The first-order valence-corrected chi connectivity index (χ1v) is 7.77. The Balaban J connectivity index is 2.06. The molecule has 0 spiro atoms. The van der Waals surface area contributed by atoms with Gasteiger partial charge in [0.25, 0.3) is 0 Å². The van der Waals surface area contributed by atoms with Crippen molar-refractivity contribution in [3.8, 4) is 11.3 Å². The predicted molar refractivity (Wildman–Crippen MR) is 86.5 cm³/mol. The molecule has 2 N–H and O–H groups in total. The number of hydroxylamine groups is 1. The van der Waals surface area contributed by atoms with Gasteiger partial charge in [-0.15, -0.1) is 5.48 Å². The van der Waals surface area contributed by atoms with Gasteiger partial charge >= 0.3 is 0 Å². The van der Waals surface area contributed by atoms with Crippen LogP contribution in [0, 0.1) is 0 Å². The summed E-state index contributed by atoms with van der Waals surface area (Å²) in [7, 11) is 0. The molecule has 1 atom stereocenters. The highest BCUT2D eigenvalue weighted by molar-refractivity contribution is 7.16. The molecule has 2 heterocycles. The third kappa shape index (κ3) is 2.72. The molecule has 1 aromatic heterocycles. The molecule has 0 bridgehead atoms. The fraction of sp³-hybridized carbons (Fsp3) is 0.267. The van der Waals surface area contributed by atoms with E-state index in [0.29, 0.717) is 11.6 Å². The van der Waals surface area contributed by atoms with Gasteiger partial charge in [0.2, 0.25) is 5.91 Å². The number of amides is 1. The minimum atomic E-state index is -0.710. The second-order valence-electron chi connectivity index (χ2n) is 4.99. The maximum Gasteiger partial charge on any atom is 0.225 e. The number of carbonyl (C=O) groups is 1. The average Bonchev–Trinajstić information content (AvgIpc) is 3.15. The van der Waals surface area contributed by atoms with Crippen molar-refractivity contribution >= 4 is 28.8 Å². The maximum absolute atomic E-state index is 11.6. The molecular weight excluding hydrogens is 300 g/mol. The van der Waals surface area contributed by atoms with Crippen LogP contribution in [-0.2, 0) is 15.3 Å². The summed E-state index contributed by atoms with van der Waals surface area (Å²) in [4.78, 5) is 26.5. The molecule has 0 saturated carbocycles. The van der Waals surface area contributed by atoms with Gasteiger partial charge in [0.05, 0.1) is 10.6 Å². The molecule has 1 unspecified atom stereocenters. The van der Waals surface area contributed by atoms with E-state index in [2.05, 4.69) is 20.8 Å².